The fourth-order valence-corrected chi connectivity index (χ4v) is 11.5. The zero-order valence-electron chi connectivity index (χ0n) is 21.3. The van der Waals surface area contributed by atoms with Crippen LogP contribution in [0.1, 0.15) is 38.3 Å². The molecule has 0 aliphatic heterocycles. The lowest BCUT2D eigenvalue weighted by Crippen LogP contribution is -2.50. The van der Waals surface area contributed by atoms with Gasteiger partial charge in [0.1, 0.15) is 12.4 Å². The minimum absolute atomic E-state index is 0.250. The van der Waals surface area contributed by atoms with E-state index in [1.807, 2.05) is 6.08 Å². The molecular formula is C26H43OSi3. The third-order valence-corrected chi connectivity index (χ3v) is 16.3. The van der Waals surface area contributed by atoms with Gasteiger partial charge in [0, 0.05) is 5.56 Å². The Hall–Kier alpha value is -1.11. The first kappa shape index (κ1) is 25.2. The van der Waals surface area contributed by atoms with Gasteiger partial charge in [0.05, 0.1) is 24.9 Å². The van der Waals surface area contributed by atoms with Crippen LogP contribution in [-0.2, 0) is 0 Å². The van der Waals surface area contributed by atoms with E-state index >= 15 is 0 Å². The number of hydrogen-bond donors (Lipinski definition) is 0. The molecule has 1 radical (unpaired) electrons. The quantitative estimate of drug-likeness (QED) is 0.305. The molecule has 2 rings (SSSR count). The lowest BCUT2D eigenvalue weighted by atomic mass is 10.0. The maximum atomic E-state index is 6.50. The van der Waals surface area contributed by atoms with Gasteiger partial charge in [-0.15, -0.1) is 0 Å². The fourth-order valence-electron chi connectivity index (χ4n) is 4.27. The molecule has 30 heavy (non-hydrogen) atoms. The van der Waals surface area contributed by atoms with E-state index < -0.39 is 24.9 Å². The number of ether oxygens (including phenoxy) is 1. The van der Waals surface area contributed by atoms with E-state index in [1.165, 1.54) is 21.9 Å². The number of rotatable bonds is 7. The second-order valence-corrected chi connectivity index (χ2v) is 24.5. The Morgan fingerprint density at radius 2 is 1.70 bits per heavy atom. The van der Waals surface area contributed by atoms with E-state index in [-0.39, 0.29) is 5.04 Å². The highest BCUT2D eigenvalue weighted by atomic mass is 28.3. The van der Waals surface area contributed by atoms with Crippen LogP contribution in [0, 0.1) is 6.92 Å². The van der Waals surface area contributed by atoms with Crippen LogP contribution in [0.15, 0.2) is 41.3 Å². The SMILES string of the molecule is C=CCOc1c(C2=CCC([Si](C)C)=C2[Si](C)(C)C)cc(C)cc1[Si](C)(C)C(C)(C)C. The molecule has 0 bridgehead atoms. The predicted octanol–water partition coefficient (Wildman–Crippen LogP) is 7.53. The van der Waals surface area contributed by atoms with E-state index in [1.54, 1.807) is 10.4 Å². The van der Waals surface area contributed by atoms with Crippen molar-refractivity contribution in [2.75, 3.05) is 6.61 Å². The summed E-state index contributed by atoms with van der Waals surface area (Å²) in [5, 5.41) is 5.13. The van der Waals surface area contributed by atoms with Gasteiger partial charge < -0.3 is 4.74 Å². The lowest BCUT2D eigenvalue weighted by Gasteiger charge is -2.39. The molecule has 1 aromatic carbocycles. The van der Waals surface area contributed by atoms with Gasteiger partial charge in [-0.3, -0.25) is 0 Å². The van der Waals surface area contributed by atoms with Crippen LogP contribution in [-0.4, -0.2) is 31.6 Å². The van der Waals surface area contributed by atoms with Gasteiger partial charge >= 0.3 is 0 Å². The average molecular weight is 456 g/mol. The Labute approximate surface area is 190 Å². The normalized spacial score (nSPS) is 15.7. The van der Waals surface area contributed by atoms with Crippen molar-refractivity contribution in [3.05, 3.63) is 52.4 Å². The summed E-state index contributed by atoms with van der Waals surface area (Å²) in [6.45, 7) is 31.3. The molecule has 0 heterocycles. The van der Waals surface area contributed by atoms with Crippen LogP contribution >= 0.6 is 0 Å². The van der Waals surface area contributed by atoms with E-state index in [2.05, 4.69) is 98.3 Å². The highest BCUT2D eigenvalue weighted by Crippen LogP contribution is 2.45. The third kappa shape index (κ3) is 4.86. The molecular weight excluding hydrogens is 413 g/mol. The van der Waals surface area contributed by atoms with Crippen LogP contribution < -0.4 is 9.92 Å². The highest BCUT2D eigenvalue weighted by molar-refractivity contribution is 6.93. The monoisotopic (exact) mass is 455 g/mol. The average Bonchev–Trinajstić information content (AvgIpc) is 3.04. The number of aryl methyl sites for hydroxylation is 1. The van der Waals surface area contributed by atoms with E-state index in [4.69, 9.17) is 4.74 Å². The van der Waals surface area contributed by atoms with Crippen molar-refractivity contribution in [2.24, 2.45) is 0 Å². The minimum Gasteiger partial charge on any atom is -0.489 e. The van der Waals surface area contributed by atoms with Crippen molar-refractivity contribution >= 4 is 35.7 Å². The lowest BCUT2D eigenvalue weighted by molar-refractivity contribution is 0.364. The second kappa shape index (κ2) is 8.79. The molecule has 0 aromatic heterocycles. The van der Waals surface area contributed by atoms with Gasteiger partial charge in [-0.1, -0.05) is 107 Å². The topological polar surface area (TPSA) is 9.23 Å². The van der Waals surface area contributed by atoms with Crippen LogP contribution in [0.4, 0.5) is 0 Å². The fraction of sp³-hybridized carbons (Fsp3) is 0.538. The molecule has 0 unspecified atom stereocenters. The van der Waals surface area contributed by atoms with Crippen LogP contribution in [0.5, 0.6) is 5.75 Å². The summed E-state index contributed by atoms with van der Waals surface area (Å²) >= 11 is 0. The summed E-state index contributed by atoms with van der Waals surface area (Å²) < 4.78 is 6.50. The van der Waals surface area contributed by atoms with Gasteiger partial charge in [-0.2, -0.15) is 0 Å². The molecule has 165 valence electrons. The summed E-state index contributed by atoms with van der Waals surface area (Å²) in [5.74, 6) is 1.12. The van der Waals surface area contributed by atoms with Crippen molar-refractivity contribution in [1.29, 1.82) is 0 Å². The van der Waals surface area contributed by atoms with Crippen molar-refractivity contribution in [3.8, 4) is 5.75 Å². The number of benzene rings is 1. The van der Waals surface area contributed by atoms with Crippen LogP contribution in [0.25, 0.3) is 5.57 Å². The molecule has 0 saturated heterocycles. The smallest absolute Gasteiger partial charge is 0.126 e. The first-order valence-corrected chi connectivity index (χ1v) is 20.3. The summed E-state index contributed by atoms with van der Waals surface area (Å²) in [4.78, 5) is 0. The maximum Gasteiger partial charge on any atom is 0.126 e. The molecule has 0 atom stereocenters. The molecule has 0 amide bonds. The minimum atomic E-state index is -1.78. The van der Waals surface area contributed by atoms with Gasteiger partial charge in [-0.05, 0) is 35.2 Å². The molecule has 1 aliphatic rings. The Balaban J connectivity index is 2.85. The molecule has 4 heteroatoms. The van der Waals surface area contributed by atoms with E-state index in [0.717, 1.165) is 12.2 Å². The molecule has 0 spiro atoms. The van der Waals surface area contributed by atoms with E-state index in [0.29, 0.717) is 6.61 Å². The van der Waals surface area contributed by atoms with Gasteiger partial charge in [0.15, 0.2) is 0 Å². The van der Waals surface area contributed by atoms with Gasteiger partial charge in [0.25, 0.3) is 0 Å². The summed E-state index contributed by atoms with van der Waals surface area (Å²) in [6.07, 6.45) is 5.51. The zero-order chi connectivity index (χ0) is 23.1. The predicted molar refractivity (Wildman–Crippen MR) is 144 cm³/mol. The first-order valence-electron chi connectivity index (χ1n) is 11.3. The Kier molecular flexibility index (Phi) is 7.37. The highest BCUT2D eigenvalue weighted by Gasteiger charge is 2.41. The van der Waals surface area contributed by atoms with Crippen molar-refractivity contribution in [1.82, 2.24) is 0 Å². The molecule has 1 aliphatic carbocycles. The van der Waals surface area contributed by atoms with Crippen molar-refractivity contribution in [3.63, 3.8) is 0 Å². The Morgan fingerprint density at radius 3 is 2.17 bits per heavy atom. The number of hydrogen-bond acceptors (Lipinski definition) is 1. The first-order chi connectivity index (χ1) is 13.6. The molecule has 0 N–H and O–H groups in total. The van der Waals surface area contributed by atoms with Crippen LogP contribution in [0.2, 0.25) is 50.9 Å². The Bertz CT molecular complexity index is 875. The Morgan fingerprint density at radius 1 is 1.10 bits per heavy atom. The number of allylic oxidation sites excluding steroid dienone is 4. The summed E-state index contributed by atoms with van der Waals surface area (Å²) in [7, 11) is -3.74. The van der Waals surface area contributed by atoms with E-state index in [9.17, 15) is 0 Å². The molecule has 0 fully saturated rings. The van der Waals surface area contributed by atoms with Gasteiger partial charge in [-0.25, -0.2) is 0 Å². The molecule has 1 nitrogen and oxygen atoms in total. The molecule has 0 saturated carbocycles. The third-order valence-electron chi connectivity index (χ3n) is 6.85. The van der Waals surface area contributed by atoms with Gasteiger partial charge in [0.2, 0.25) is 0 Å². The van der Waals surface area contributed by atoms with Crippen molar-refractivity contribution in [2.45, 2.75) is 85.0 Å². The van der Waals surface area contributed by atoms with Crippen LogP contribution in [0.3, 0.4) is 0 Å². The second-order valence-electron chi connectivity index (χ2n) is 11.6. The largest absolute Gasteiger partial charge is 0.489 e. The molecule has 1 aromatic rings. The maximum absolute atomic E-state index is 6.50. The summed E-state index contributed by atoms with van der Waals surface area (Å²) in [6, 6.07) is 4.78. The summed E-state index contributed by atoms with van der Waals surface area (Å²) in [5.41, 5.74) is 4.14. The van der Waals surface area contributed by atoms with Crippen molar-refractivity contribution < 1.29 is 4.74 Å². The standard InChI is InChI=1S/C26H43OSi3/c1-13-16-27-24-21(17-19(2)18-23(24)30(11,12)26(3,4)5)20-14-15-22(28(6)7)25(20)29(8,9)10/h13-14,17-18H,1,15-16H2,2-12H3. The zero-order valence-corrected chi connectivity index (χ0v) is 24.3.